The third-order valence-electron chi connectivity index (χ3n) is 6.34. The molecule has 4 heteroatoms. The van der Waals surface area contributed by atoms with Crippen molar-refractivity contribution >= 4 is 53.9 Å². The molecule has 0 spiro atoms. The highest BCUT2D eigenvalue weighted by molar-refractivity contribution is 6.40. The third-order valence-corrected chi connectivity index (χ3v) is 6.34. The quantitative estimate of drug-likeness (QED) is 0.218. The van der Waals surface area contributed by atoms with Gasteiger partial charge in [0.05, 0.1) is 22.3 Å². The molecule has 0 radical (unpaired) electrons. The SMILES string of the molecule is N#Cc1cc2c(cc1C#N)c1cccc3c4cc(C#N)c(C#N)cc4c4cccc2c4c13. The molecule has 32 heavy (non-hydrogen) atoms. The predicted octanol–water partition coefficient (Wildman–Crippen LogP) is 6.38. The second kappa shape index (κ2) is 6.17. The monoisotopic (exact) mass is 402 g/mol. The molecule has 6 rings (SSSR count). The molecule has 0 amide bonds. The molecule has 0 aliphatic carbocycles. The van der Waals surface area contributed by atoms with Crippen molar-refractivity contribution in [3.8, 4) is 24.3 Å². The summed E-state index contributed by atoms with van der Waals surface area (Å²) in [6.45, 7) is 0. The summed E-state index contributed by atoms with van der Waals surface area (Å²) in [5, 5.41) is 48.1. The van der Waals surface area contributed by atoms with Crippen LogP contribution in [0.15, 0.2) is 60.7 Å². The Labute approximate surface area is 182 Å². The highest BCUT2D eigenvalue weighted by Crippen LogP contribution is 2.45. The summed E-state index contributed by atoms with van der Waals surface area (Å²) in [7, 11) is 0. The van der Waals surface area contributed by atoms with Crippen LogP contribution in [0.25, 0.3) is 53.9 Å². The molecule has 0 atom stereocenters. The molecule has 0 aromatic heterocycles. The average Bonchev–Trinajstić information content (AvgIpc) is 2.86. The lowest BCUT2D eigenvalue weighted by Gasteiger charge is -2.18. The van der Waals surface area contributed by atoms with E-state index < -0.39 is 0 Å². The second-order valence-corrected chi connectivity index (χ2v) is 7.79. The number of hydrogen-bond acceptors (Lipinski definition) is 4. The van der Waals surface area contributed by atoms with E-state index in [0.29, 0.717) is 22.3 Å². The van der Waals surface area contributed by atoms with Gasteiger partial charge >= 0.3 is 0 Å². The van der Waals surface area contributed by atoms with Crippen LogP contribution in [-0.2, 0) is 0 Å². The summed E-state index contributed by atoms with van der Waals surface area (Å²) in [4.78, 5) is 0. The second-order valence-electron chi connectivity index (χ2n) is 7.79. The predicted molar refractivity (Wildman–Crippen MR) is 124 cm³/mol. The maximum atomic E-state index is 9.58. The van der Waals surface area contributed by atoms with Crippen LogP contribution >= 0.6 is 0 Å². The Kier molecular flexibility index (Phi) is 3.41. The Balaban J connectivity index is 2.01. The van der Waals surface area contributed by atoms with Crippen LogP contribution < -0.4 is 0 Å². The van der Waals surface area contributed by atoms with E-state index in [1.54, 1.807) is 24.3 Å². The van der Waals surface area contributed by atoms with E-state index in [2.05, 4.69) is 24.3 Å². The standard InChI is InChI=1S/C28H10N4/c29-11-15-7-23-19-3-1-4-20-24-8-16(12-30)18(14-32)10-26(24)22-6-2-5-21(28(22)27(19)20)25(23)9-17(15)13-31/h1-10H. The van der Waals surface area contributed by atoms with Gasteiger partial charge in [0.2, 0.25) is 0 Å². The van der Waals surface area contributed by atoms with Gasteiger partial charge in [0, 0.05) is 0 Å². The molecule has 0 fully saturated rings. The van der Waals surface area contributed by atoms with Crippen molar-refractivity contribution in [2.24, 2.45) is 0 Å². The Morgan fingerprint density at radius 1 is 0.375 bits per heavy atom. The zero-order chi connectivity index (χ0) is 22.0. The van der Waals surface area contributed by atoms with Crippen LogP contribution in [0.1, 0.15) is 22.3 Å². The van der Waals surface area contributed by atoms with Crippen LogP contribution in [0.3, 0.4) is 0 Å². The Morgan fingerprint density at radius 3 is 0.844 bits per heavy atom. The summed E-state index contributed by atoms with van der Waals surface area (Å²) < 4.78 is 0. The van der Waals surface area contributed by atoms with E-state index >= 15 is 0 Å². The molecule has 0 aliphatic heterocycles. The van der Waals surface area contributed by atoms with Crippen molar-refractivity contribution in [2.45, 2.75) is 0 Å². The van der Waals surface area contributed by atoms with Crippen molar-refractivity contribution in [1.82, 2.24) is 0 Å². The van der Waals surface area contributed by atoms with Gasteiger partial charge in [-0.05, 0) is 78.1 Å². The molecule has 0 heterocycles. The lowest BCUT2D eigenvalue weighted by Crippen LogP contribution is -1.93. The van der Waals surface area contributed by atoms with Crippen LogP contribution in [0.2, 0.25) is 0 Å². The molecular formula is C28H10N4. The van der Waals surface area contributed by atoms with Gasteiger partial charge in [-0.3, -0.25) is 0 Å². The lowest BCUT2D eigenvalue weighted by atomic mass is 9.84. The smallest absolute Gasteiger partial charge is 0.101 e. The van der Waals surface area contributed by atoms with Crippen molar-refractivity contribution in [1.29, 1.82) is 21.0 Å². The van der Waals surface area contributed by atoms with E-state index in [-0.39, 0.29) is 0 Å². The summed E-state index contributed by atoms with van der Waals surface area (Å²) in [5.74, 6) is 0. The first-order chi connectivity index (χ1) is 15.7. The van der Waals surface area contributed by atoms with E-state index in [0.717, 1.165) is 53.9 Å². The van der Waals surface area contributed by atoms with Gasteiger partial charge in [0.1, 0.15) is 24.3 Å². The summed E-state index contributed by atoms with van der Waals surface area (Å²) >= 11 is 0. The molecule has 0 saturated heterocycles. The molecule has 4 nitrogen and oxygen atoms in total. The number of nitrogens with zero attached hydrogens (tertiary/aromatic N) is 4. The number of nitriles is 4. The van der Waals surface area contributed by atoms with Crippen LogP contribution in [-0.4, -0.2) is 0 Å². The van der Waals surface area contributed by atoms with Crippen molar-refractivity contribution in [2.75, 3.05) is 0 Å². The molecule has 0 aliphatic rings. The van der Waals surface area contributed by atoms with Crippen LogP contribution in [0.5, 0.6) is 0 Å². The van der Waals surface area contributed by atoms with E-state index in [1.807, 2.05) is 36.4 Å². The van der Waals surface area contributed by atoms with E-state index in [9.17, 15) is 21.0 Å². The van der Waals surface area contributed by atoms with Crippen molar-refractivity contribution < 1.29 is 0 Å². The van der Waals surface area contributed by atoms with E-state index in [4.69, 9.17) is 0 Å². The van der Waals surface area contributed by atoms with Crippen molar-refractivity contribution in [3.63, 3.8) is 0 Å². The van der Waals surface area contributed by atoms with Crippen LogP contribution in [0.4, 0.5) is 0 Å². The number of benzene rings is 6. The van der Waals surface area contributed by atoms with Gasteiger partial charge in [-0.15, -0.1) is 0 Å². The maximum Gasteiger partial charge on any atom is 0.101 e. The fraction of sp³-hybridized carbons (Fsp3) is 0. The maximum absolute atomic E-state index is 9.58. The van der Waals surface area contributed by atoms with Crippen LogP contribution in [0, 0.1) is 45.3 Å². The molecule has 6 aromatic rings. The molecule has 6 aromatic carbocycles. The minimum atomic E-state index is 0.352. The largest absolute Gasteiger partial charge is 0.192 e. The first-order valence-corrected chi connectivity index (χ1v) is 9.94. The first kappa shape index (κ1) is 17.7. The number of rotatable bonds is 0. The highest BCUT2D eigenvalue weighted by Gasteiger charge is 2.19. The molecule has 0 N–H and O–H groups in total. The highest BCUT2D eigenvalue weighted by atomic mass is 14.3. The summed E-state index contributed by atoms with van der Waals surface area (Å²) in [5.41, 5.74) is 1.41. The summed E-state index contributed by atoms with van der Waals surface area (Å²) in [6.07, 6.45) is 0. The zero-order valence-electron chi connectivity index (χ0n) is 16.6. The van der Waals surface area contributed by atoms with Gasteiger partial charge in [-0.25, -0.2) is 0 Å². The zero-order valence-corrected chi connectivity index (χ0v) is 16.6. The molecular weight excluding hydrogens is 392 g/mol. The molecule has 0 unspecified atom stereocenters. The molecule has 142 valence electrons. The van der Waals surface area contributed by atoms with Gasteiger partial charge in [-0.1, -0.05) is 36.4 Å². The lowest BCUT2D eigenvalue weighted by molar-refractivity contribution is 1.45. The number of hydrogen-bond donors (Lipinski definition) is 0. The van der Waals surface area contributed by atoms with Gasteiger partial charge in [0.25, 0.3) is 0 Å². The fourth-order valence-corrected chi connectivity index (χ4v) is 5.00. The number of fused-ring (bicyclic) bond motifs is 6. The van der Waals surface area contributed by atoms with Crippen molar-refractivity contribution in [3.05, 3.63) is 82.9 Å². The Morgan fingerprint density at radius 2 is 0.625 bits per heavy atom. The minimum absolute atomic E-state index is 0.352. The molecule has 0 saturated carbocycles. The minimum Gasteiger partial charge on any atom is -0.192 e. The Bertz CT molecular complexity index is 1690. The fourth-order valence-electron chi connectivity index (χ4n) is 5.00. The van der Waals surface area contributed by atoms with Gasteiger partial charge in [0.15, 0.2) is 0 Å². The summed E-state index contributed by atoms with van der Waals surface area (Å²) in [6, 6.07) is 27.8. The normalized spacial score (nSPS) is 11.0. The van der Waals surface area contributed by atoms with Gasteiger partial charge in [-0.2, -0.15) is 21.0 Å². The average molecular weight is 402 g/mol. The third kappa shape index (κ3) is 2.06. The molecule has 0 bridgehead atoms. The Hall–Kier alpha value is -5.16. The topological polar surface area (TPSA) is 95.2 Å². The van der Waals surface area contributed by atoms with E-state index in [1.165, 1.54) is 0 Å². The first-order valence-electron chi connectivity index (χ1n) is 9.94. The van der Waals surface area contributed by atoms with Gasteiger partial charge < -0.3 is 0 Å².